The van der Waals surface area contributed by atoms with E-state index in [0.29, 0.717) is 11.7 Å². The van der Waals surface area contributed by atoms with E-state index in [1.165, 1.54) is 0 Å². The van der Waals surface area contributed by atoms with Gasteiger partial charge in [0.1, 0.15) is 4.21 Å². The second-order valence-corrected chi connectivity index (χ2v) is 8.25. The summed E-state index contributed by atoms with van der Waals surface area (Å²) in [5, 5.41) is 0. The quantitative estimate of drug-likeness (QED) is 0.766. The maximum Gasteiger partial charge on any atom is 0.250 e. The van der Waals surface area contributed by atoms with Crippen molar-refractivity contribution in [3.8, 4) is 10.6 Å². The van der Waals surface area contributed by atoms with Crippen molar-refractivity contribution in [2.45, 2.75) is 24.6 Å². The predicted octanol–water partition coefficient (Wildman–Crippen LogP) is 3.50. The average molecular weight is 348 g/mol. The van der Waals surface area contributed by atoms with Gasteiger partial charge in [0.2, 0.25) is 10.0 Å². The second-order valence-electron chi connectivity index (χ2n) is 5.18. The van der Waals surface area contributed by atoms with Gasteiger partial charge in [-0.3, -0.25) is 0 Å². The Balaban J connectivity index is 1.76. The van der Waals surface area contributed by atoms with Gasteiger partial charge in [-0.2, -0.15) is 0 Å². The molecule has 5 nitrogen and oxygen atoms in total. The lowest BCUT2D eigenvalue weighted by atomic mass is 10.1. The van der Waals surface area contributed by atoms with E-state index >= 15 is 0 Å². The van der Waals surface area contributed by atoms with Crippen LogP contribution < -0.4 is 4.72 Å². The number of nitrogens with zero attached hydrogens (tertiary/aromatic N) is 1. The van der Waals surface area contributed by atoms with Crippen LogP contribution in [-0.4, -0.2) is 13.4 Å². The predicted molar refractivity (Wildman–Crippen MR) is 89.8 cm³/mol. The maximum atomic E-state index is 12.4. The van der Waals surface area contributed by atoms with Gasteiger partial charge >= 0.3 is 0 Å². The third kappa shape index (κ3) is 3.69. The van der Waals surface area contributed by atoms with Crippen LogP contribution in [-0.2, 0) is 16.6 Å². The Morgan fingerprint density at radius 3 is 2.74 bits per heavy atom. The van der Waals surface area contributed by atoms with Gasteiger partial charge in [-0.05, 0) is 24.6 Å². The lowest BCUT2D eigenvalue weighted by Gasteiger charge is -2.05. The molecule has 1 N–H and O–H groups in total. The van der Waals surface area contributed by atoms with Crippen molar-refractivity contribution in [3.63, 3.8) is 0 Å². The lowest BCUT2D eigenvalue weighted by Crippen LogP contribution is -2.22. The van der Waals surface area contributed by atoms with Gasteiger partial charge in [0.15, 0.2) is 11.7 Å². The van der Waals surface area contributed by atoms with E-state index in [9.17, 15) is 8.42 Å². The van der Waals surface area contributed by atoms with Crippen LogP contribution in [0.25, 0.3) is 10.6 Å². The SMILES string of the molecule is Cc1cccc(CNS(=O)(=O)c2ccc(-c3cnc(C)o3)s2)c1. The number of aryl methyl sites for hydroxylation is 2. The van der Waals surface area contributed by atoms with Gasteiger partial charge in [-0.25, -0.2) is 18.1 Å². The van der Waals surface area contributed by atoms with Gasteiger partial charge in [0.25, 0.3) is 0 Å². The first-order valence-electron chi connectivity index (χ1n) is 7.02. The summed E-state index contributed by atoms with van der Waals surface area (Å²) in [6.45, 7) is 3.99. The molecule has 23 heavy (non-hydrogen) atoms. The summed E-state index contributed by atoms with van der Waals surface area (Å²) < 4.78 is 33.1. The number of nitrogens with one attached hydrogen (secondary N) is 1. The summed E-state index contributed by atoms with van der Waals surface area (Å²) in [4.78, 5) is 4.76. The molecular weight excluding hydrogens is 332 g/mol. The molecule has 0 saturated heterocycles. The fraction of sp³-hybridized carbons (Fsp3) is 0.188. The van der Waals surface area contributed by atoms with Crippen molar-refractivity contribution in [3.05, 3.63) is 59.6 Å². The molecule has 0 saturated carbocycles. The first-order chi connectivity index (χ1) is 10.9. The minimum atomic E-state index is -3.55. The van der Waals surface area contributed by atoms with Crippen molar-refractivity contribution in [2.75, 3.05) is 0 Å². The molecule has 0 unspecified atom stereocenters. The van der Waals surface area contributed by atoms with Gasteiger partial charge in [0.05, 0.1) is 11.1 Å². The smallest absolute Gasteiger partial charge is 0.250 e. The summed E-state index contributed by atoms with van der Waals surface area (Å²) in [6.07, 6.45) is 1.59. The van der Waals surface area contributed by atoms with Crippen molar-refractivity contribution >= 4 is 21.4 Å². The lowest BCUT2D eigenvalue weighted by molar-refractivity contribution is 0.535. The number of sulfonamides is 1. The maximum absolute atomic E-state index is 12.4. The molecule has 1 aromatic carbocycles. The molecule has 0 radical (unpaired) electrons. The molecule has 0 amide bonds. The van der Waals surface area contributed by atoms with Gasteiger partial charge in [-0.15, -0.1) is 11.3 Å². The fourth-order valence-electron chi connectivity index (χ4n) is 2.14. The van der Waals surface area contributed by atoms with Gasteiger partial charge in [0, 0.05) is 13.5 Å². The topological polar surface area (TPSA) is 72.2 Å². The average Bonchev–Trinajstić information content (AvgIpc) is 3.14. The molecule has 0 aliphatic heterocycles. The standard InChI is InChI=1S/C16H16N2O3S2/c1-11-4-3-5-13(8-11)9-18-23(19,20)16-7-6-15(22-16)14-10-17-12(2)21-14/h3-8,10,18H,9H2,1-2H3. The number of hydrogen-bond donors (Lipinski definition) is 1. The van der Waals surface area contributed by atoms with Crippen molar-refractivity contribution in [1.82, 2.24) is 9.71 Å². The molecule has 3 rings (SSSR count). The number of benzene rings is 1. The Morgan fingerprint density at radius 2 is 2.04 bits per heavy atom. The Morgan fingerprint density at radius 1 is 1.22 bits per heavy atom. The fourth-order valence-corrected chi connectivity index (χ4v) is 4.46. The third-order valence-electron chi connectivity index (χ3n) is 3.26. The van der Waals surface area contributed by atoms with Crippen molar-refractivity contribution < 1.29 is 12.8 Å². The minimum absolute atomic E-state index is 0.259. The summed E-state index contributed by atoms with van der Waals surface area (Å²) in [6, 6.07) is 11.0. The van der Waals surface area contributed by atoms with E-state index in [0.717, 1.165) is 27.3 Å². The first kappa shape index (κ1) is 15.9. The highest BCUT2D eigenvalue weighted by molar-refractivity contribution is 7.91. The van der Waals surface area contributed by atoms with Crippen LogP contribution in [0.3, 0.4) is 0 Å². The molecule has 2 aromatic heterocycles. The Labute approximate surface area is 139 Å². The number of hydrogen-bond acceptors (Lipinski definition) is 5. The summed E-state index contributed by atoms with van der Waals surface area (Å²) >= 11 is 1.16. The zero-order valence-corrected chi connectivity index (χ0v) is 14.4. The number of aromatic nitrogens is 1. The summed E-state index contributed by atoms with van der Waals surface area (Å²) in [5.74, 6) is 1.13. The zero-order chi connectivity index (χ0) is 16.4. The Hall–Kier alpha value is -1.96. The van der Waals surface area contributed by atoms with Crippen LogP contribution >= 0.6 is 11.3 Å². The van der Waals surface area contributed by atoms with Gasteiger partial charge in [-0.1, -0.05) is 29.8 Å². The van der Waals surface area contributed by atoms with Crippen molar-refractivity contribution in [2.24, 2.45) is 0 Å². The van der Waals surface area contributed by atoms with Crippen LogP contribution in [0.1, 0.15) is 17.0 Å². The molecular formula is C16H16N2O3S2. The van der Waals surface area contributed by atoms with E-state index in [1.807, 2.05) is 31.2 Å². The van der Waals surface area contributed by atoms with Crippen LogP contribution in [0.4, 0.5) is 0 Å². The van der Waals surface area contributed by atoms with E-state index in [-0.39, 0.29) is 10.8 Å². The normalized spacial score (nSPS) is 11.7. The third-order valence-corrected chi connectivity index (χ3v) is 6.25. The van der Waals surface area contributed by atoms with E-state index < -0.39 is 10.0 Å². The number of rotatable bonds is 5. The minimum Gasteiger partial charge on any atom is -0.440 e. The highest BCUT2D eigenvalue weighted by Crippen LogP contribution is 2.31. The molecule has 3 aromatic rings. The van der Waals surface area contributed by atoms with Crippen LogP contribution in [0.2, 0.25) is 0 Å². The van der Waals surface area contributed by atoms with Crippen molar-refractivity contribution in [1.29, 1.82) is 0 Å². The largest absolute Gasteiger partial charge is 0.440 e. The summed E-state index contributed by atoms with van der Waals surface area (Å²) in [7, 11) is -3.55. The Kier molecular flexibility index (Phi) is 4.34. The highest BCUT2D eigenvalue weighted by atomic mass is 32.2. The first-order valence-corrected chi connectivity index (χ1v) is 9.32. The van der Waals surface area contributed by atoms with E-state index in [2.05, 4.69) is 9.71 Å². The molecule has 0 aliphatic carbocycles. The Bertz CT molecular complexity index is 926. The number of oxazole rings is 1. The molecule has 0 atom stereocenters. The molecule has 0 aliphatic rings. The monoisotopic (exact) mass is 348 g/mol. The van der Waals surface area contributed by atoms with E-state index in [1.54, 1.807) is 25.3 Å². The molecule has 0 fully saturated rings. The molecule has 2 heterocycles. The molecule has 0 bridgehead atoms. The molecule has 120 valence electrons. The highest BCUT2D eigenvalue weighted by Gasteiger charge is 2.18. The molecule has 7 heteroatoms. The van der Waals surface area contributed by atoms with Gasteiger partial charge < -0.3 is 4.42 Å². The van der Waals surface area contributed by atoms with Crippen LogP contribution in [0.15, 0.2) is 51.2 Å². The molecule has 0 spiro atoms. The summed E-state index contributed by atoms with van der Waals surface area (Å²) in [5.41, 5.74) is 2.03. The number of thiophene rings is 1. The van der Waals surface area contributed by atoms with Crippen LogP contribution in [0.5, 0.6) is 0 Å². The van der Waals surface area contributed by atoms with E-state index in [4.69, 9.17) is 4.42 Å². The second kappa shape index (κ2) is 6.27. The van der Waals surface area contributed by atoms with Crippen LogP contribution in [0, 0.1) is 13.8 Å². The zero-order valence-electron chi connectivity index (χ0n) is 12.7.